The van der Waals surface area contributed by atoms with Crippen molar-refractivity contribution in [3.8, 4) is 0 Å². The molecule has 1 heterocycles. The van der Waals surface area contributed by atoms with Gasteiger partial charge in [-0.3, -0.25) is 0 Å². The highest BCUT2D eigenvalue weighted by Gasteiger charge is 2.36. The highest BCUT2D eigenvalue weighted by atomic mass is 32.2. The van der Waals surface area contributed by atoms with Crippen molar-refractivity contribution in [1.29, 1.82) is 0 Å². The number of nitrogen functional groups attached to an aromatic ring is 1. The van der Waals surface area contributed by atoms with Crippen molar-refractivity contribution in [3.63, 3.8) is 0 Å². The second-order valence-electron chi connectivity index (χ2n) is 4.78. The van der Waals surface area contributed by atoms with E-state index in [1.807, 2.05) is 11.8 Å². The Morgan fingerprint density at radius 2 is 2.05 bits per heavy atom. The van der Waals surface area contributed by atoms with Crippen LogP contribution in [0, 0.1) is 0 Å². The highest BCUT2D eigenvalue weighted by Crippen LogP contribution is 2.33. The van der Waals surface area contributed by atoms with E-state index < -0.39 is 12.0 Å². The van der Waals surface area contributed by atoms with Gasteiger partial charge in [0.25, 0.3) is 0 Å². The number of thioether (sulfide) groups is 1. The molecule has 9 heteroatoms. The van der Waals surface area contributed by atoms with Crippen LogP contribution in [-0.2, 0) is 6.18 Å². The fourth-order valence-corrected chi connectivity index (χ4v) is 3.61. The molecule has 5 nitrogen and oxygen atoms in total. The van der Waals surface area contributed by atoms with Gasteiger partial charge in [0.05, 0.1) is 0 Å². The third-order valence-electron chi connectivity index (χ3n) is 3.29. The molecule has 2 atom stereocenters. The van der Waals surface area contributed by atoms with Gasteiger partial charge >= 0.3 is 6.18 Å². The first-order chi connectivity index (χ1) is 9.94. The molecule has 21 heavy (non-hydrogen) atoms. The van der Waals surface area contributed by atoms with E-state index in [4.69, 9.17) is 5.84 Å². The number of nitrogens with zero attached hydrogens (tertiary/aromatic N) is 2. The van der Waals surface area contributed by atoms with E-state index >= 15 is 0 Å². The fraction of sp³-hybridized carbons (Fsp3) is 0.667. The summed E-state index contributed by atoms with van der Waals surface area (Å²) in [5.74, 6) is 5.05. The van der Waals surface area contributed by atoms with Crippen molar-refractivity contribution in [2.45, 2.75) is 43.7 Å². The summed E-state index contributed by atoms with van der Waals surface area (Å²) < 4.78 is 38.3. The van der Waals surface area contributed by atoms with Crippen molar-refractivity contribution in [1.82, 2.24) is 9.97 Å². The number of alkyl halides is 3. The number of hydrazine groups is 1. The first-order valence-electron chi connectivity index (χ1n) is 6.75. The normalized spacial score (nSPS) is 22.3. The summed E-state index contributed by atoms with van der Waals surface area (Å²) in [6.45, 7) is 2.07. The highest BCUT2D eigenvalue weighted by molar-refractivity contribution is 7.99. The summed E-state index contributed by atoms with van der Waals surface area (Å²) in [4.78, 5) is 6.89. The van der Waals surface area contributed by atoms with Gasteiger partial charge in [0.1, 0.15) is 11.6 Å². The Labute approximate surface area is 125 Å². The Balaban J connectivity index is 2.19. The van der Waals surface area contributed by atoms with Crippen LogP contribution >= 0.6 is 11.8 Å². The van der Waals surface area contributed by atoms with Crippen molar-refractivity contribution >= 4 is 23.4 Å². The molecule has 0 saturated heterocycles. The van der Waals surface area contributed by atoms with Crippen molar-refractivity contribution < 1.29 is 13.2 Å². The summed E-state index contributed by atoms with van der Waals surface area (Å²) in [5.41, 5.74) is 2.14. The molecule has 1 fully saturated rings. The maximum Gasteiger partial charge on any atom is 0.451 e. The van der Waals surface area contributed by atoms with Crippen molar-refractivity contribution in [2.24, 2.45) is 5.84 Å². The number of nitrogens with one attached hydrogen (secondary N) is 2. The van der Waals surface area contributed by atoms with E-state index in [1.165, 1.54) is 6.07 Å². The van der Waals surface area contributed by atoms with E-state index in [0.29, 0.717) is 5.25 Å². The number of hydrogen-bond acceptors (Lipinski definition) is 6. The molecule has 118 valence electrons. The van der Waals surface area contributed by atoms with E-state index in [-0.39, 0.29) is 17.7 Å². The Kier molecular flexibility index (Phi) is 5.15. The topological polar surface area (TPSA) is 75.9 Å². The molecule has 0 spiro atoms. The summed E-state index contributed by atoms with van der Waals surface area (Å²) in [7, 11) is 0. The molecular weight excluding hydrogens is 303 g/mol. The Morgan fingerprint density at radius 3 is 2.67 bits per heavy atom. The standard InChI is InChI=1S/C12H18F3N5S/c1-2-21-8-5-3-4-7(8)17-9-6-10(20-16)19-11(18-9)12(13,14)15/h6-8H,2-5,16H2,1H3,(H2,17,18,19,20). The van der Waals surface area contributed by atoms with Gasteiger partial charge in [-0.15, -0.1) is 0 Å². The van der Waals surface area contributed by atoms with Crippen LogP contribution in [0.1, 0.15) is 32.0 Å². The Bertz CT molecular complexity index is 482. The number of nitrogens with two attached hydrogens (primary N) is 1. The second-order valence-corrected chi connectivity index (χ2v) is 6.30. The smallest absolute Gasteiger partial charge is 0.366 e. The van der Waals surface area contributed by atoms with Gasteiger partial charge in [0, 0.05) is 17.4 Å². The average Bonchev–Trinajstić information content (AvgIpc) is 2.85. The van der Waals surface area contributed by atoms with E-state index in [0.717, 1.165) is 25.0 Å². The number of rotatable bonds is 5. The molecule has 1 aromatic rings. The first kappa shape index (κ1) is 16.2. The lowest BCUT2D eigenvalue weighted by Gasteiger charge is -2.21. The van der Waals surface area contributed by atoms with Gasteiger partial charge in [-0.1, -0.05) is 13.3 Å². The molecule has 1 aliphatic carbocycles. The second kappa shape index (κ2) is 6.69. The summed E-state index contributed by atoms with van der Waals surface area (Å²) in [5, 5.41) is 3.49. The predicted molar refractivity (Wildman–Crippen MR) is 78.0 cm³/mol. The van der Waals surface area contributed by atoms with Crippen LogP contribution in [-0.4, -0.2) is 27.0 Å². The van der Waals surface area contributed by atoms with Gasteiger partial charge in [0.15, 0.2) is 0 Å². The molecule has 4 N–H and O–H groups in total. The van der Waals surface area contributed by atoms with Crippen LogP contribution in [0.2, 0.25) is 0 Å². The maximum atomic E-state index is 12.8. The molecule has 2 unspecified atom stereocenters. The van der Waals surface area contributed by atoms with E-state index in [2.05, 4.69) is 27.6 Å². The molecule has 1 aliphatic rings. The fourth-order valence-electron chi connectivity index (χ4n) is 2.42. The lowest BCUT2D eigenvalue weighted by atomic mass is 10.2. The number of anilines is 2. The van der Waals surface area contributed by atoms with Crippen LogP contribution in [0.25, 0.3) is 0 Å². The van der Waals surface area contributed by atoms with Gasteiger partial charge < -0.3 is 10.7 Å². The minimum Gasteiger partial charge on any atom is -0.366 e. The third-order valence-corrected chi connectivity index (χ3v) is 4.62. The average molecular weight is 321 g/mol. The third kappa shape index (κ3) is 4.13. The Hall–Kier alpha value is -1.22. The van der Waals surface area contributed by atoms with Gasteiger partial charge in [-0.25, -0.2) is 15.8 Å². The van der Waals surface area contributed by atoms with Crippen LogP contribution in [0.15, 0.2) is 6.07 Å². The SMILES string of the molecule is CCSC1CCCC1Nc1cc(NN)nc(C(F)(F)F)n1. The zero-order valence-electron chi connectivity index (χ0n) is 11.6. The quantitative estimate of drug-likeness (QED) is 0.572. The largest absolute Gasteiger partial charge is 0.451 e. The van der Waals surface area contributed by atoms with Crippen LogP contribution < -0.4 is 16.6 Å². The lowest BCUT2D eigenvalue weighted by molar-refractivity contribution is -0.144. The zero-order valence-corrected chi connectivity index (χ0v) is 12.4. The molecular formula is C12H18F3N5S. The molecule has 0 bridgehead atoms. The molecule has 0 aliphatic heterocycles. The van der Waals surface area contributed by atoms with Crippen LogP contribution in [0.5, 0.6) is 0 Å². The van der Waals surface area contributed by atoms with E-state index in [1.54, 1.807) is 0 Å². The predicted octanol–water partition coefficient (Wildman–Crippen LogP) is 2.87. The molecule has 0 amide bonds. The van der Waals surface area contributed by atoms with Crippen molar-refractivity contribution in [2.75, 3.05) is 16.5 Å². The number of halogens is 3. The number of hydrogen-bond donors (Lipinski definition) is 3. The van der Waals surface area contributed by atoms with Crippen molar-refractivity contribution in [3.05, 3.63) is 11.9 Å². The Morgan fingerprint density at radius 1 is 1.33 bits per heavy atom. The summed E-state index contributed by atoms with van der Waals surface area (Å²) in [6.07, 6.45) is -1.55. The molecule has 2 rings (SSSR count). The first-order valence-corrected chi connectivity index (χ1v) is 7.80. The van der Waals surface area contributed by atoms with Crippen LogP contribution in [0.4, 0.5) is 24.8 Å². The van der Waals surface area contributed by atoms with Crippen LogP contribution in [0.3, 0.4) is 0 Å². The van der Waals surface area contributed by atoms with Gasteiger partial charge in [-0.05, 0) is 18.6 Å². The molecule has 0 radical (unpaired) electrons. The molecule has 0 aromatic carbocycles. The summed E-state index contributed by atoms with van der Waals surface area (Å²) >= 11 is 1.82. The minimum atomic E-state index is -4.60. The monoisotopic (exact) mass is 321 g/mol. The number of aromatic nitrogens is 2. The zero-order chi connectivity index (χ0) is 15.5. The molecule has 1 saturated carbocycles. The maximum absolute atomic E-state index is 12.8. The summed E-state index contributed by atoms with van der Waals surface area (Å²) in [6, 6.07) is 1.51. The van der Waals surface area contributed by atoms with Gasteiger partial charge in [-0.2, -0.15) is 24.9 Å². The minimum absolute atomic E-state index is 0.0579. The molecule has 1 aromatic heterocycles. The lowest BCUT2D eigenvalue weighted by Crippen LogP contribution is -2.27. The van der Waals surface area contributed by atoms with Gasteiger partial charge in [0.2, 0.25) is 5.82 Å². The van der Waals surface area contributed by atoms with E-state index in [9.17, 15) is 13.2 Å².